The predicted molar refractivity (Wildman–Crippen MR) is 203 cm³/mol. The van der Waals surface area contributed by atoms with Crippen LogP contribution < -0.4 is 28.4 Å². The van der Waals surface area contributed by atoms with Crippen molar-refractivity contribution in [3.05, 3.63) is 151 Å². The number of aryl methyl sites for hydroxylation is 1. The number of nitrogens with zero attached hydrogens (tertiary/aromatic N) is 5. The quantitative estimate of drug-likeness (QED) is 0.161. The first-order chi connectivity index (χ1) is 23.8. The van der Waals surface area contributed by atoms with Gasteiger partial charge in [-0.05, 0) is 17.0 Å². The van der Waals surface area contributed by atoms with E-state index in [1.165, 1.54) is 20.2 Å². The van der Waals surface area contributed by atoms with E-state index in [1.54, 1.807) is 0 Å². The molecule has 242 valence electrons. The third-order valence-electron chi connectivity index (χ3n) is 8.90. The molecule has 7 heteroatoms. The Bertz CT molecular complexity index is 2190. The van der Waals surface area contributed by atoms with Crippen molar-refractivity contribution in [3.8, 4) is 22.6 Å². The Morgan fingerprint density at radius 1 is 0.694 bits per heavy atom. The van der Waals surface area contributed by atoms with Crippen LogP contribution >= 0.6 is 0 Å². The Kier molecular flexibility index (Phi) is 7.95. The first-order valence-electron chi connectivity index (χ1n) is 16.5. The molecule has 0 N–H and O–H groups in total. The third kappa shape index (κ3) is 6.08. The predicted octanol–water partition coefficient (Wildman–Crippen LogP) is 8.74. The minimum absolute atomic E-state index is 0.0514. The summed E-state index contributed by atoms with van der Waals surface area (Å²) in [4.78, 5) is 16.6. The van der Waals surface area contributed by atoms with Crippen molar-refractivity contribution in [1.29, 1.82) is 0 Å². The van der Waals surface area contributed by atoms with Crippen molar-refractivity contribution in [2.24, 2.45) is 0 Å². The van der Waals surface area contributed by atoms with Gasteiger partial charge in [0.05, 0.1) is 0 Å². The van der Waals surface area contributed by atoms with Crippen LogP contribution in [0.15, 0.2) is 140 Å². The summed E-state index contributed by atoms with van der Waals surface area (Å²) >= 11 is 0.104. The third-order valence-corrected chi connectivity index (χ3v) is 11.2. The van der Waals surface area contributed by atoms with Crippen molar-refractivity contribution in [2.75, 3.05) is 21.4 Å². The summed E-state index contributed by atoms with van der Waals surface area (Å²) in [6, 6.07) is 40.1. The molecule has 0 saturated heterocycles. The maximum absolute atomic E-state index is 6.57. The Hall–Kier alpha value is -5.36. The summed E-state index contributed by atoms with van der Waals surface area (Å²) in [5.74, 6) is 3.32. The van der Waals surface area contributed by atoms with Crippen LogP contribution in [0.3, 0.4) is 0 Å². The zero-order chi connectivity index (χ0) is 33.5. The van der Waals surface area contributed by atoms with Gasteiger partial charge >= 0.3 is 240 Å². The zero-order valence-corrected chi connectivity index (χ0v) is 29.8. The average Bonchev–Trinajstić information content (AvgIpc) is 3.61. The van der Waals surface area contributed by atoms with E-state index >= 15 is 0 Å². The Morgan fingerprint density at radius 3 is 2.33 bits per heavy atom. The molecule has 4 heterocycles. The topological polar surface area (TPSA) is 44.7 Å². The molecule has 0 unspecified atom stereocenters. The number of hydrogen-bond acceptors (Lipinski definition) is 6. The van der Waals surface area contributed by atoms with Crippen LogP contribution in [-0.4, -0.2) is 31.6 Å². The number of para-hydroxylation sites is 1. The van der Waals surface area contributed by atoms with E-state index < -0.39 is 0 Å². The van der Waals surface area contributed by atoms with Crippen LogP contribution in [0.25, 0.3) is 11.1 Å². The first-order valence-corrected chi connectivity index (χ1v) is 18.2. The number of aromatic nitrogens is 2. The molecule has 0 atom stereocenters. The van der Waals surface area contributed by atoms with Crippen molar-refractivity contribution in [3.63, 3.8) is 0 Å². The van der Waals surface area contributed by atoms with Gasteiger partial charge in [-0.15, -0.1) is 0 Å². The van der Waals surface area contributed by atoms with E-state index in [-0.39, 0.29) is 20.4 Å². The number of hydrogen-bond donors (Lipinski definition) is 0. The second-order valence-corrected chi connectivity index (χ2v) is 15.6. The molecule has 2 aromatic heterocycles. The van der Waals surface area contributed by atoms with E-state index in [1.807, 2.05) is 30.6 Å². The van der Waals surface area contributed by atoms with Gasteiger partial charge in [-0.1, -0.05) is 39.0 Å². The molecule has 0 radical (unpaired) electrons. The van der Waals surface area contributed by atoms with Crippen LogP contribution in [0.2, 0.25) is 0 Å². The van der Waals surface area contributed by atoms with Crippen molar-refractivity contribution in [2.45, 2.75) is 33.1 Å². The van der Waals surface area contributed by atoms with Gasteiger partial charge in [-0.25, -0.2) is 0 Å². The molecule has 0 saturated carbocycles. The average molecular weight is 707 g/mol. The van der Waals surface area contributed by atoms with Crippen LogP contribution in [-0.2, 0) is 5.41 Å². The van der Waals surface area contributed by atoms with Crippen LogP contribution in [0.1, 0.15) is 31.9 Å². The van der Waals surface area contributed by atoms with Crippen LogP contribution in [0.4, 0.5) is 28.7 Å². The van der Waals surface area contributed by atoms with E-state index in [0.717, 1.165) is 57.9 Å². The minimum atomic E-state index is 0.0514. The Balaban J connectivity index is 1.07. The second kappa shape index (κ2) is 12.6. The maximum atomic E-state index is 6.57. The molecule has 0 bridgehead atoms. The molecule has 2 aliphatic heterocycles. The fourth-order valence-electron chi connectivity index (χ4n) is 6.46. The summed E-state index contributed by atoms with van der Waals surface area (Å²) in [6.07, 6.45) is 8.13. The fourth-order valence-corrected chi connectivity index (χ4v) is 8.58. The van der Waals surface area contributed by atoms with Gasteiger partial charge in [-0.3, -0.25) is 0 Å². The summed E-state index contributed by atoms with van der Waals surface area (Å²) in [6.45, 7) is 9.67. The van der Waals surface area contributed by atoms with E-state index in [4.69, 9.17) is 14.7 Å². The molecular weight excluding hydrogens is 669 g/mol. The van der Waals surface area contributed by atoms with Gasteiger partial charge < -0.3 is 0 Å². The number of rotatable bonds is 6. The van der Waals surface area contributed by atoms with Crippen LogP contribution in [0.5, 0.6) is 11.5 Å². The molecule has 8 rings (SSSR count). The summed E-state index contributed by atoms with van der Waals surface area (Å²) in [5, 5.41) is 0. The molecule has 0 spiro atoms. The molecule has 2 aliphatic rings. The molecule has 0 aliphatic carbocycles. The Labute approximate surface area is 294 Å². The van der Waals surface area contributed by atoms with Gasteiger partial charge in [0.2, 0.25) is 0 Å². The van der Waals surface area contributed by atoms with E-state index in [9.17, 15) is 0 Å². The number of ether oxygens (including phenoxy) is 1. The molecule has 6 aromatic rings. The number of anilines is 5. The molecule has 6 nitrogen and oxygen atoms in total. The van der Waals surface area contributed by atoms with Gasteiger partial charge in [-0.2, -0.15) is 0 Å². The summed E-state index contributed by atoms with van der Waals surface area (Å²) in [5.41, 5.74) is 8.18. The number of pyridine rings is 2. The summed E-state index contributed by atoms with van der Waals surface area (Å²) in [7, 11) is 0. The molecular formula is C42H37N5OSe. The monoisotopic (exact) mass is 707 g/mol. The first kappa shape index (κ1) is 30.9. The van der Waals surface area contributed by atoms with Gasteiger partial charge in [0.1, 0.15) is 0 Å². The van der Waals surface area contributed by atoms with Crippen LogP contribution in [0, 0.1) is 6.92 Å². The molecule has 0 fully saturated rings. The standard InChI is InChI=1S/C42H37N5OSe/c1-29-24-40(44-27-34(29)30-12-6-5-7-13-30)47-37-26-33(19-20-38(37)49-39-18-11-21-43-41(39)47)48-32-15-10-14-31(25-32)45-22-23-46(28-45)36-17-9-8-16-35(36)42(2,3)4/h5-27H,28H2,1-4H3. The zero-order valence-electron chi connectivity index (χ0n) is 28.0. The van der Waals surface area contributed by atoms with Crippen molar-refractivity contribution in [1.82, 2.24) is 9.97 Å². The number of fused-ring (bicyclic) bond motifs is 2. The summed E-state index contributed by atoms with van der Waals surface area (Å²) < 4.78 is 9.06. The molecule has 4 aromatic carbocycles. The van der Waals surface area contributed by atoms with Gasteiger partial charge in [0.25, 0.3) is 0 Å². The van der Waals surface area contributed by atoms with Gasteiger partial charge in [0, 0.05) is 0 Å². The van der Waals surface area contributed by atoms with Crippen molar-refractivity contribution < 1.29 is 4.74 Å². The fraction of sp³-hybridized carbons (Fsp3) is 0.143. The molecule has 49 heavy (non-hydrogen) atoms. The normalized spacial score (nSPS) is 13.8. The van der Waals surface area contributed by atoms with E-state index in [2.05, 4.69) is 152 Å². The van der Waals surface area contributed by atoms with E-state index in [0.29, 0.717) is 0 Å². The van der Waals surface area contributed by atoms with Crippen molar-refractivity contribution >= 4 is 52.6 Å². The molecule has 0 amide bonds. The Morgan fingerprint density at radius 2 is 1.49 bits per heavy atom. The number of benzene rings is 4. The SMILES string of the molecule is Cc1cc(N2c3cc(Oc4cccc(N5C=CN(c6ccccc6C(C)(C)C)C5)c4)ccc3[Se]c3cccnc32)ncc1-c1ccccc1. The van der Waals surface area contributed by atoms with Gasteiger partial charge in [0.15, 0.2) is 0 Å². The second-order valence-electron chi connectivity index (χ2n) is 13.4.